The normalized spacial score (nSPS) is 18.9. The van der Waals surface area contributed by atoms with Crippen molar-refractivity contribution < 1.29 is 5.11 Å². The summed E-state index contributed by atoms with van der Waals surface area (Å²) in [4.78, 5) is 0. The zero-order valence-corrected chi connectivity index (χ0v) is 10.7. The van der Waals surface area contributed by atoms with E-state index in [0.717, 1.165) is 26.1 Å². The van der Waals surface area contributed by atoms with Crippen molar-refractivity contribution in [1.29, 1.82) is 0 Å². The predicted octanol–water partition coefficient (Wildman–Crippen LogP) is 2.22. The molecule has 17 heavy (non-hydrogen) atoms. The van der Waals surface area contributed by atoms with E-state index >= 15 is 0 Å². The molecule has 0 saturated carbocycles. The third-order valence-corrected chi connectivity index (χ3v) is 3.16. The quantitative estimate of drug-likeness (QED) is 0.700. The van der Waals surface area contributed by atoms with Crippen LogP contribution < -0.4 is 10.6 Å². The van der Waals surface area contributed by atoms with Gasteiger partial charge in [0, 0.05) is 12.2 Å². The first-order valence-corrected chi connectivity index (χ1v) is 6.41. The standard InChI is InChI=1S/C14H22N2O/c1-10(2)7-15-8-11-5-12-6-13(17)3-4-14(12)16-9-11/h3-4,6,10-11,15-17H,5,7-9H2,1-2H3. The zero-order chi connectivity index (χ0) is 12.3. The smallest absolute Gasteiger partial charge is 0.116 e. The second-order valence-electron chi connectivity index (χ2n) is 5.34. The van der Waals surface area contributed by atoms with Crippen LogP contribution in [0.4, 0.5) is 5.69 Å². The monoisotopic (exact) mass is 234 g/mol. The van der Waals surface area contributed by atoms with E-state index < -0.39 is 0 Å². The molecule has 0 aromatic heterocycles. The topological polar surface area (TPSA) is 44.3 Å². The van der Waals surface area contributed by atoms with Crippen LogP contribution in [-0.4, -0.2) is 24.7 Å². The van der Waals surface area contributed by atoms with E-state index in [0.29, 0.717) is 17.6 Å². The van der Waals surface area contributed by atoms with Gasteiger partial charge in [0.2, 0.25) is 0 Å². The number of phenols is 1. The number of hydrogen-bond acceptors (Lipinski definition) is 3. The maximum Gasteiger partial charge on any atom is 0.116 e. The van der Waals surface area contributed by atoms with Crippen molar-refractivity contribution in [2.75, 3.05) is 25.0 Å². The maximum absolute atomic E-state index is 9.48. The molecule has 1 aromatic rings. The van der Waals surface area contributed by atoms with Crippen molar-refractivity contribution in [1.82, 2.24) is 5.32 Å². The van der Waals surface area contributed by atoms with Crippen LogP contribution >= 0.6 is 0 Å². The van der Waals surface area contributed by atoms with Crippen molar-refractivity contribution in [2.24, 2.45) is 11.8 Å². The summed E-state index contributed by atoms with van der Waals surface area (Å²) in [5.74, 6) is 1.67. The lowest BCUT2D eigenvalue weighted by atomic mass is 9.93. The number of nitrogens with one attached hydrogen (secondary N) is 2. The molecule has 2 rings (SSSR count). The summed E-state index contributed by atoms with van der Waals surface area (Å²) in [5.41, 5.74) is 2.40. The Morgan fingerprint density at radius 2 is 2.29 bits per heavy atom. The molecule has 1 heterocycles. The first-order valence-electron chi connectivity index (χ1n) is 6.41. The van der Waals surface area contributed by atoms with Gasteiger partial charge in [0.15, 0.2) is 0 Å². The minimum atomic E-state index is 0.362. The highest BCUT2D eigenvalue weighted by Gasteiger charge is 2.18. The number of anilines is 1. The molecule has 1 unspecified atom stereocenters. The molecule has 0 amide bonds. The lowest BCUT2D eigenvalue weighted by molar-refractivity contribution is 0.450. The Labute approximate surface area is 103 Å². The molecule has 1 aliphatic heterocycles. The summed E-state index contributed by atoms with van der Waals surface area (Å²) < 4.78 is 0. The molecule has 0 fully saturated rings. The van der Waals surface area contributed by atoms with Gasteiger partial charge in [-0.2, -0.15) is 0 Å². The summed E-state index contributed by atoms with van der Waals surface area (Å²) in [6, 6.07) is 5.57. The van der Waals surface area contributed by atoms with E-state index in [1.165, 1.54) is 11.3 Å². The van der Waals surface area contributed by atoms with Crippen LogP contribution in [-0.2, 0) is 6.42 Å². The van der Waals surface area contributed by atoms with Crippen LogP contribution in [0.5, 0.6) is 5.75 Å². The molecule has 0 bridgehead atoms. The van der Waals surface area contributed by atoms with Crippen LogP contribution in [0.15, 0.2) is 18.2 Å². The molecular formula is C14H22N2O. The maximum atomic E-state index is 9.48. The minimum Gasteiger partial charge on any atom is -0.508 e. The fraction of sp³-hybridized carbons (Fsp3) is 0.571. The fourth-order valence-electron chi connectivity index (χ4n) is 2.28. The van der Waals surface area contributed by atoms with Crippen molar-refractivity contribution in [3.05, 3.63) is 23.8 Å². The van der Waals surface area contributed by atoms with E-state index in [1.807, 2.05) is 12.1 Å². The molecule has 1 aromatic carbocycles. The third-order valence-electron chi connectivity index (χ3n) is 3.16. The third kappa shape index (κ3) is 3.37. The number of aromatic hydroxyl groups is 1. The lowest BCUT2D eigenvalue weighted by Gasteiger charge is -2.26. The number of phenolic OH excluding ortho intramolecular Hbond substituents is 1. The second-order valence-corrected chi connectivity index (χ2v) is 5.34. The van der Waals surface area contributed by atoms with Crippen LogP contribution in [0.1, 0.15) is 19.4 Å². The largest absolute Gasteiger partial charge is 0.508 e. The summed E-state index contributed by atoms with van der Waals surface area (Å²) in [6.45, 7) is 7.57. The van der Waals surface area contributed by atoms with Crippen LogP contribution in [0.3, 0.4) is 0 Å². The summed E-state index contributed by atoms with van der Waals surface area (Å²) >= 11 is 0. The molecule has 1 atom stereocenters. The molecule has 0 radical (unpaired) electrons. The van der Waals surface area contributed by atoms with Crippen molar-refractivity contribution in [3.8, 4) is 5.75 Å². The lowest BCUT2D eigenvalue weighted by Crippen LogP contribution is -2.34. The minimum absolute atomic E-state index is 0.362. The van der Waals surface area contributed by atoms with Gasteiger partial charge in [-0.05, 0) is 55.1 Å². The van der Waals surface area contributed by atoms with Crippen LogP contribution in [0.25, 0.3) is 0 Å². The predicted molar refractivity (Wildman–Crippen MR) is 71.5 cm³/mol. The Bertz CT molecular complexity index is 376. The number of fused-ring (bicyclic) bond motifs is 1. The fourth-order valence-corrected chi connectivity index (χ4v) is 2.28. The molecule has 0 aliphatic carbocycles. The zero-order valence-electron chi connectivity index (χ0n) is 10.7. The number of benzene rings is 1. The van der Waals surface area contributed by atoms with Crippen molar-refractivity contribution >= 4 is 5.69 Å². The molecule has 94 valence electrons. The van der Waals surface area contributed by atoms with Crippen molar-refractivity contribution in [2.45, 2.75) is 20.3 Å². The highest BCUT2D eigenvalue weighted by molar-refractivity contribution is 5.55. The molecule has 3 nitrogen and oxygen atoms in total. The second kappa shape index (κ2) is 5.41. The average Bonchev–Trinajstić information content (AvgIpc) is 2.28. The van der Waals surface area contributed by atoms with Gasteiger partial charge in [0.05, 0.1) is 0 Å². The molecule has 3 N–H and O–H groups in total. The van der Waals surface area contributed by atoms with E-state index in [4.69, 9.17) is 0 Å². The van der Waals surface area contributed by atoms with Gasteiger partial charge in [0.25, 0.3) is 0 Å². The molecule has 0 spiro atoms. The summed E-state index contributed by atoms with van der Waals surface area (Å²) in [7, 11) is 0. The molecular weight excluding hydrogens is 212 g/mol. The van der Waals surface area contributed by atoms with E-state index in [9.17, 15) is 5.11 Å². The van der Waals surface area contributed by atoms with Crippen LogP contribution in [0, 0.1) is 11.8 Å². The Morgan fingerprint density at radius 1 is 1.47 bits per heavy atom. The molecule has 0 saturated heterocycles. The van der Waals surface area contributed by atoms with Gasteiger partial charge < -0.3 is 15.7 Å². The number of rotatable bonds is 4. The van der Waals surface area contributed by atoms with Crippen LogP contribution in [0.2, 0.25) is 0 Å². The van der Waals surface area contributed by atoms with E-state index in [2.05, 4.69) is 24.5 Å². The molecule has 3 heteroatoms. The molecule has 1 aliphatic rings. The Morgan fingerprint density at radius 3 is 3.06 bits per heavy atom. The Hall–Kier alpha value is -1.22. The van der Waals surface area contributed by atoms with E-state index in [1.54, 1.807) is 6.07 Å². The van der Waals surface area contributed by atoms with Gasteiger partial charge in [-0.15, -0.1) is 0 Å². The van der Waals surface area contributed by atoms with Crippen molar-refractivity contribution in [3.63, 3.8) is 0 Å². The first-order chi connectivity index (χ1) is 8.15. The summed E-state index contributed by atoms with van der Waals surface area (Å²) in [6.07, 6.45) is 1.04. The van der Waals surface area contributed by atoms with Gasteiger partial charge in [-0.3, -0.25) is 0 Å². The van der Waals surface area contributed by atoms with Gasteiger partial charge in [-0.1, -0.05) is 13.8 Å². The SMILES string of the molecule is CC(C)CNCC1CNc2ccc(O)cc2C1. The number of hydrogen-bond donors (Lipinski definition) is 3. The first kappa shape index (κ1) is 12.2. The van der Waals surface area contributed by atoms with Gasteiger partial charge in [0.1, 0.15) is 5.75 Å². The van der Waals surface area contributed by atoms with Gasteiger partial charge >= 0.3 is 0 Å². The highest BCUT2D eigenvalue weighted by atomic mass is 16.3. The summed E-state index contributed by atoms with van der Waals surface area (Å²) in [5, 5.41) is 16.4. The Kier molecular flexibility index (Phi) is 3.89. The average molecular weight is 234 g/mol. The van der Waals surface area contributed by atoms with E-state index in [-0.39, 0.29) is 0 Å². The highest BCUT2D eigenvalue weighted by Crippen LogP contribution is 2.27. The Balaban J connectivity index is 1.89. The van der Waals surface area contributed by atoms with Gasteiger partial charge in [-0.25, -0.2) is 0 Å².